The largest absolute Gasteiger partial charge is 0.396 e. The summed E-state index contributed by atoms with van der Waals surface area (Å²) in [6.07, 6.45) is 1.57. The summed E-state index contributed by atoms with van der Waals surface area (Å²) in [7, 11) is 0. The summed E-state index contributed by atoms with van der Waals surface area (Å²) in [6, 6.07) is 3.40. The number of halogens is 1. The number of aliphatic hydroxyl groups is 1. The van der Waals surface area contributed by atoms with Crippen LogP contribution in [0.15, 0.2) is 22.8 Å². The van der Waals surface area contributed by atoms with Gasteiger partial charge in [0.15, 0.2) is 0 Å². The second-order valence-electron chi connectivity index (χ2n) is 3.36. The molecule has 15 heavy (non-hydrogen) atoms. The SMILES string of the molecule is CC(CO)CNC(=O)c1ccc(Br)cn1. The number of rotatable bonds is 4. The minimum atomic E-state index is -0.220. The van der Waals surface area contributed by atoms with Crippen molar-refractivity contribution in [1.82, 2.24) is 10.3 Å². The summed E-state index contributed by atoms with van der Waals surface area (Å²) in [5, 5.41) is 11.5. The smallest absolute Gasteiger partial charge is 0.269 e. The first-order valence-electron chi connectivity index (χ1n) is 4.64. The third kappa shape index (κ3) is 3.97. The van der Waals surface area contributed by atoms with Gasteiger partial charge in [0.25, 0.3) is 5.91 Å². The van der Waals surface area contributed by atoms with E-state index in [-0.39, 0.29) is 18.4 Å². The summed E-state index contributed by atoms with van der Waals surface area (Å²) in [5.41, 5.74) is 0.378. The Hall–Kier alpha value is -0.940. The van der Waals surface area contributed by atoms with E-state index in [2.05, 4.69) is 26.2 Å². The minimum absolute atomic E-state index is 0.0596. The van der Waals surface area contributed by atoms with Gasteiger partial charge in [-0.3, -0.25) is 4.79 Å². The Labute approximate surface area is 96.8 Å². The van der Waals surface area contributed by atoms with Gasteiger partial charge < -0.3 is 10.4 Å². The van der Waals surface area contributed by atoms with Crippen molar-refractivity contribution in [1.29, 1.82) is 0 Å². The maximum Gasteiger partial charge on any atom is 0.269 e. The fraction of sp³-hybridized carbons (Fsp3) is 0.400. The summed E-state index contributed by atoms with van der Waals surface area (Å²) in [5.74, 6) is -0.160. The van der Waals surface area contributed by atoms with Gasteiger partial charge in [-0.1, -0.05) is 6.92 Å². The lowest BCUT2D eigenvalue weighted by atomic mass is 10.2. The summed E-state index contributed by atoms with van der Waals surface area (Å²) >= 11 is 3.24. The molecule has 0 aliphatic carbocycles. The van der Waals surface area contributed by atoms with Gasteiger partial charge >= 0.3 is 0 Å². The molecular weight excluding hydrogens is 260 g/mol. The Morgan fingerprint density at radius 1 is 1.67 bits per heavy atom. The van der Waals surface area contributed by atoms with Crippen molar-refractivity contribution in [3.05, 3.63) is 28.5 Å². The molecule has 0 fully saturated rings. The van der Waals surface area contributed by atoms with Crippen molar-refractivity contribution in [2.24, 2.45) is 5.92 Å². The molecule has 1 aromatic heterocycles. The predicted molar refractivity (Wildman–Crippen MR) is 60.5 cm³/mol. The fourth-order valence-electron chi connectivity index (χ4n) is 0.932. The lowest BCUT2D eigenvalue weighted by molar-refractivity contribution is 0.0937. The summed E-state index contributed by atoms with van der Waals surface area (Å²) in [6.45, 7) is 2.37. The minimum Gasteiger partial charge on any atom is -0.396 e. The van der Waals surface area contributed by atoms with Crippen molar-refractivity contribution in [3.63, 3.8) is 0 Å². The molecular formula is C10H13BrN2O2. The second-order valence-corrected chi connectivity index (χ2v) is 4.28. The number of hydrogen-bond acceptors (Lipinski definition) is 3. The first kappa shape index (κ1) is 12.1. The van der Waals surface area contributed by atoms with Crippen molar-refractivity contribution < 1.29 is 9.90 Å². The Kier molecular flexibility index (Phi) is 4.71. The van der Waals surface area contributed by atoms with Crippen LogP contribution < -0.4 is 5.32 Å². The molecule has 2 N–H and O–H groups in total. The average molecular weight is 273 g/mol. The average Bonchev–Trinajstić information content (AvgIpc) is 2.26. The summed E-state index contributed by atoms with van der Waals surface area (Å²) < 4.78 is 0.836. The summed E-state index contributed by atoms with van der Waals surface area (Å²) in [4.78, 5) is 15.5. The van der Waals surface area contributed by atoms with Crippen LogP contribution in [0.1, 0.15) is 17.4 Å². The van der Waals surface area contributed by atoms with Gasteiger partial charge in [0, 0.05) is 23.8 Å². The molecule has 4 nitrogen and oxygen atoms in total. The highest BCUT2D eigenvalue weighted by Gasteiger charge is 2.07. The Morgan fingerprint density at radius 3 is 2.93 bits per heavy atom. The zero-order chi connectivity index (χ0) is 11.3. The van der Waals surface area contributed by atoms with E-state index in [1.807, 2.05) is 6.92 Å². The van der Waals surface area contributed by atoms with Crippen LogP contribution in [0.25, 0.3) is 0 Å². The van der Waals surface area contributed by atoms with Crippen LogP contribution in [-0.4, -0.2) is 29.1 Å². The van der Waals surface area contributed by atoms with E-state index in [4.69, 9.17) is 5.11 Å². The second kappa shape index (κ2) is 5.82. The zero-order valence-corrected chi connectivity index (χ0v) is 9.99. The van der Waals surface area contributed by atoms with E-state index in [0.29, 0.717) is 12.2 Å². The highest BCUT2D eigenvalue weighted by Crippen LogP contribution is 2.07. The normalized spacial score (nSPS) is 12.2. The van der Waals surface area contributed by atoms with Crippen molar-refractivity contribution in [2.45, 2.75) is 6.92 Å². The van der Waals surface area contributed by atoms with Crippen LogP contribution in [0.3, 0.4) is 0 Å². The van der Waals surface area contributed by atoms with Crippen LogP contribution in [0.2, 0.25) is 0 Å². The molecule has 0 bridgehead atoms. The van der Waals surface area contributed by atoms with Crippen LogP contribution >= 0.6 is 15.9 Å². The van der Waals surface area contributed by atoms with Crippen LogP contribution in [0, 0.1) is 5.92 Å². The van der Waals surface area contributed by atoms with Gasteiger partial charge in [0.1, 0.15) is 5.69 Å². The lowest BCUT2D eigenvalue weighted by Gasteiger charge is -2.08. The van der Waals surface area contributed by atoms with Gasteiger partial charge in [-0.15, -0.1) is 0 Å². The number of nitrogens with one attached hydrogen (secondary N) is 1. The molecule has 0 aliphatic rings. The topological polar surface area (TPSA) is 62.2 Å². The third-order valence-electron chi connectivity index (χ3n) is 1.88. The molecule has 0 saturated heterocycles. The molecule has 1 atom stereocenters. The number of pyridine rings is 1. The Balaban J connectivity index is 2.50. The molecule has 1 unspecified atom stereocenters. The van der Waals surface area contributed by atoms with E-state index in [9.17, 15) is 4.79 Å². The highest BCUT2D eigenvalue weighted by atomic mass is 79.9. The first-order chi connectivity index (χ1) is 7.13. The molecule has 0 radical (unpaired) electrons. The van der Waals surface area contributed by atoms with E-state index in [1.165, 1.54) is 0 Å². The number of carbonyl (C=O) groups is 1. The van der Waals surface area contributed by atoms with E-state index < -0.39 is 0 Å². The molecule has 1 aromatic rings. The lowest BCUT2D eigenvalue weighted by Crippen LogP contribution is -2.30. The third-order valence-corrected chi connectivity index (χ3v) is 2.35. The van der Waals surface area contributed by atoms with Crippen molar-refractivity contribution >= 4 is 21.8 Å². The van der Waals surface area contributed by atoms with Gasteiger partial charge in [0.05, 0.1) is 0 Å². The standard InChI is InChI=1S/C10H13BrN2O2/c1-7(6-14)4-13-10(15)9-3-2-8(11)5-12-9/h2-3,5,7,14H,4,6H2,1H3,(H,13,15). The van der Waals surface area contributed by atoms with Gasteiger partial charge in [-0.05, 0) is 34.0 Å². The molecule has 5 heteroatoms. The maximum absolute atomic E-state index is 11.5. The predicted octanol–water partition coefficient (Wildman–Crippen LogP) is 1.20. The number of nitrogens with zero attached hydrogens (tertiary/aromatic N) is 1. The zero-order valence-electron chi connectivity index (χ0n) is 8.40. The van der Waals surface area contributed by atoms with E-state index in [1.54, 1.807) is 18.3 Å². The number of aliphatic hydroxyl groups excluding tert-OH is 1. The van der Waals surface area contributed by atoms with Gasteiger partial charge in [-0.2, -0.15) is 0 Å². The monoisotopic (exact) mass is 272 g/mol. The number of carbonyl (C=O) groups excluding carboxylic acids is 1. The van der Waals surface area contributed by atoms with Crippen LogP contribution in [0.5, 0.6) is 0 Å². The molecule has 1 rings (SSSR count). The molecule has 1 heterocycles. The molecule has 0 spiro atoms. The molecule has 0 aliphatic heterocycles. The van der Waals surface area contributed by atoms with E-state index >= 15 is 0 Å². The Morgan fingerprint density at radius 2 is 2.40 bits per heavy atom. The molecule has 1 amide bonds. The first-order valence-corrected chi connectivity index (χ1v) is 5.43. The van der Waals surface area contributed by atoms with Crippen molar-refractivity contribution in [2.75, 3.05) is 13.2 Å². The quantitative estimate of drug-likeness (QED) is 0.866. The van der Waals surface area contributed by atoms with Crippen LogP contribution in [0.4, 0.5) is 0 Å². The fourth-order valence-corrected chi connectivity index (χ4v) is 1.17. The highest BCUT2D eigenvalue weighted by molar-refractivity contribution is 9.10. The van der Waals surface area contributed by atoms with Gasteiger partial charge in [0.2, 0.25) is 0 Å². The maximum atomic E-state index is 11.5. The molecule has 0 saturated carbocycles. The number of hydrogen-bond donors (Lipinski definition) is 2. The number of amides is 1. The van der Waals surface area contributed by atoms with Gasteiger partial charge in [-0.25, -0.2) is 4.98 Å². The molecule has 82 valence electrons. The van der Waals surface area contributed by atoms with E-state index in [0.717, 1.165) is 4.47 Å². The number of aromatic nitrogens is 1. The molecule has 0 aromatic carbocycles. The van der Waals surface area contributed by atoms with Crippen molar-refractivity contribution in [3.8, 4) is 0 Å². The Bertz CT molecular complexity index is 327. The van der Waals surface area contributed by atoms with Crippen LogP contribution in [-0.2, 0) is 0 Å².